The summed E-state index contributed by atoms with van der Waals surface area (Å²) in [5, 5.41) is 0. The molecule has 1 saturated carbocycles. The molecule has 0 aliphatic heterocycles. The monoisotopic (exact) mass is 562 g/mol. The van der Waals surface area contributed by atoms with Crippen LogP contribution in [0.4, 0.5) is 11.4 Å². The van der Waals surface area contributed by atoms with E-state index in [4.69, 9.17) is 20.9 Å². The van der Waals surface area contributed by atoms with Crippen molar-refractivity contribution >= 4 is 29.4 Å². The van der Waals surface area contributed by atoms with Gasteiger partial charge in [-0.2, -0.15) is 0 Å². The van der Waals surface area contributed by atoms with Gasteiger partial charge in [0.05, 0.1) is 12.5 Å². The van der Waals surface area contributed by atoms with Crippen molar-refractivity contribution in [2.45, 2.75) is 103 Å². The van der Waals surface area contributed by atoms with Crippen LogP contribution in [0.3, 0.4) is 0 Å². The van der Waals surface area contributed by atoms with Crippen LogP contribution >= 0.6 is 0 Å². The number of benzene rings is 2. The SMILES string of the molecule is CCCCCCCC1CCC(C(=O)Oc2ccc(/C=C/C(=O)OCC(CCCC)c3cc(N)cc(N)c3)cc2)CC1. The van der Waals surface area contributed by atoms with Crippen LogP contribution in [0.1, 0.15) is 114 Å². The second-order valence-corrected chi connectivity index (χ2v) is 11.6. The van der Waals surface area contributed by atoms with Gasteiger partial charge in [-0.05, 0) is 85.6 Å². The fourth-order valence-electron chi connectivity index (χ4n) is 5.70. The Morgan fingerprint density at radius 3 is 2.20 bits per heavy atom. The largest absolute Gasteiger partial charge is 0.462 e. The summed E-state index contributed by atoms with van der Waals surface area (Å²) in [6.45, 7) is 4.65. The molecule has 0 radical (unpaired) electrons. The van der Waals surface area contributed by atoms with E-state index < -0.39 is 5.97 Å². The third-order valence-corrected chi connectivity index (χ3v) is 8.21. The predicted octanol–water partition coefficient (Wildman–Crippen LogP) is 8.45. The van der Waals surface area contributed by atoms with Crippen LogP contribution in [0.25, 0.3) is 6.08 Å². The molecule has 0 spiro atoms. The first-order valence-electron chi connectivity index (χ1n) is 15.7. The lowest BCUT2D eigenvalue weighted by Gasteiger charge is -2.27. The standard InChI is InChI=1S/C35H50N2O4/c1-3-5-7-8-9-10-26-12-17-28(18-13-26)35(39)41-33-19-14-27(15-20-33)16-21-34(38)40-25-29(11-6-4-2)30-22-31(36)24-32(37)23-30/h14-16,19-24,26,28-29H,3-13,17-18,25,36-37H2,1-2H3/b21-16+. The third-order valence-electron chi connectivity index (χ3n) is 8.21. The molecule has 2 aromatic rings. The summed E-state index contributed by atoms with van der Waals surface area (Å²) in [5.74, 6) is 0.793. The molecule has 6 nitrogen and oxygen atoms in total. The highest BCUT2D eigenvalue weighted by Gasteiger charge is 2.27. The molecule has 2 aromatic carbocycles. The Kier molecular flexibility index (Phi) is 13.8. The van der Waals surface area contributed by atoms with Crippen LogP contribution in [0.5, 0.6) is 5.75 Å². The van der Waals surface area contributed by atoms with E-state index in [9.17, 15) is 9.59 Å². The number of hydrogen-bond acceptors (Lipinski definition) is 6. The molecule has 6 heteroatoms. The van der Waals surface area contributed by atoms with Crippen molar-refractivity contribution in [2.24, 2.45) is 11.8 Å². The number of unbranched alkanes of at least 4 members (excludes halogenated alkanes) is 5. The van der Waals surface area contributed by atoms with Crippen LogP contribution in [-0.2, 0) is 14.3 Å². The molecule has 224 valence electrons. The Bertz CT molecular complexity index is 1080. The first-order valence-corrected chi connectivity index (χ1v) is 15.7. The van der Waals surface area contributed by atoms with Gasteiger partial charge < -0.3 is 20.9 Å². The molecule has 0 heterocycles. The molecule has 0 bridgehead atoms. The van der Waals surface area contributed by atoms with E-state index in [1.54, 1.807) is 24.3 Å². The van der Waals surface area contributed by atoms with E-state index in [1.807, 2.05) is 24.3 Å². The quantitative estimate of drug-likeness (QED) is 0.0699. The number of nitrogens with two attached hydrogens (primary N) is 2. The van der Waals surface area contributed by atoms with Crippen LogP contribution in [0.2, 0.25) is 0 Å². The molecule has 0 saturated heterocycles. The molecule has 3 rings (SSSR count). The van der Waals surface area contributed by atoms with Gasteiger partial charge in [0.2, 0.25) is 0 Å². The number of hydrogen-bond donors (Lipinski definition) is 2. The summed E-state index contributed by atoms with van der Waals surface area (Å²) < 4.78 is 11.2. The first kappa shape index (κ1) is 32.2. The summed E-state index contributed by atoms with van der Waals surface area (Å²) in [6.07, 6.45) is 18.1. The molecule has 1 unspecified atom stereocenters. The van der Waals surface area contributed by atoms with Crippen LogP contribution in [-0.4, -0.2) is 18.5 Å². The topological polar surface area (TPSA) is 105 Å². The molecule has 1 aliphatic carbocycles. The summed E-state index contributed by atoms with van der Waals surface area (Å²) in [5.41, 5.74) is 15.0. The summed E-state index contributed by atoms with van der Waals surface area (Å²) in [4.78, 5) is 25.2. The smallest absolute Gasteiger partial charge is 0.330 e. The lowest BCUT2D eigenvalue weighted by Crippen LogP contribution is -2.25. The van der Waals surface area contributed by atoms with Crippen molar-refractivity contribution in [2.75, 3.05) is 18.1 Å². The maximum atomic E-state index is 12.7. The summed E-state index contributed by atoms with van der Waals surface area (Å²) in [7, 11) is 0. The van der Waals surface area contributed by atoms with Crippen molar-refractivity contribution in [1.82, 2.24) is 0 Å². The lowest BCUT2D eigenvalue weighted by atomic mass is 9.80. The maximum Gasteiger partial charge on any atom is 0.330 e. The second-order valence-electron chi connectivity index (χ2n) is 11.6. The van der Waals surface area contributed by atoms with Gasteiger partial charge in [-0.3, -0.25) is 4.79 Å². The summed E-state index contributed by atoms with van der Waals surface area (Å²) in [6, 6.07) is 12.7. The van der Waals surface area contributed by atoms with Crippen molar-refractivity contribution in [1.29, 1.82) is 0 Å². The van der Waals surface area contributed by atoms with Crippen LogP contribution in [0, 0.1) is 11.8 Å². The number of anilines is 2. The van der Waals surface area contributed by atoms with Gasteiger partial charge in [-0.1, -0.05) is 77.3 Å². The third kappa shape index (κ3) is 11.6. The van der Waals surface area contributed by atoms with Gasteiger partial charge in [0.25, 0.3) is 0 Å². The molecule has 0 aromatic heterocycles. The molecular weight excluding hydrogens is 512 g/mol. The normalized spacial score (nSPS) is 17.8. The van der Waals surface area contributed by atoms with Crippen LogP contribution in [0.15, 0.2) is 48.5 Å². The van der Waals surface area contributed by atoms with E-state index in [0.29, 0.717) is 17.1 Å². The molecule has 1 aliphatic rings. The molecule has 1 fully saturated rings. The van der Waals surface area contributed by atoms with Gasteiger partial charge in [0, 0.05) is 23.4 Å². The number of carbonyl (C=O) groups excluding carboxylic acids is 2. The minimum atomic E-state index is -0.407. The lowest BCUT2D eigenvalue weighted by molar-refractivity contribution is -0.140. The minimum Gasteiger partial charge on any atom is -0.462 e. The highest BCUT2D eigenvalue weighted by atomic mass is 16.5. The Morgan fingerprint density at radius 2 is 1.54 bits per heavy atom. The molecule has 41 heavy (non-hydrogen) atoms. The van der Waals surface area contributed by atoms with Crippen LogP contribution < -0.4 is 16.2 Å². The second kappa shape index (κ2) is 17.5. The Hall–Kier alpha value is -3.28. The zero-order valence-electron chi connectivity index (χ0n) is 25.1. The number of esters is 2. The maximum absolute atomic E-state index is 12.7. The highest BCUT2D eigenvalue weighted by molar-refractivity contribution is 5.87. The van der Waals surface area contributed by atoms with Gasteiger partial charge in [-0.25, -0.2) is 4.79 Å². The summed E-state index contributed by atoms with van der Waals surface area (Å²) >= 11 is 0. The van der Waals surface area contributed by atoms with E-state index in [2.05, 4.69) is 13.8 Å². The van der Waals surface area contributed by atoms with E-state index in [-0.39, 0.29) is 24.4 Å². The highest BCUT2D eigenvalue weighted by Crippen LogP contribution is 2.33. The van der Waals surface area contributed by atoms with E-state index in [1.165, 1.54) is 44.6 Å². The van der Waals surface area contributed by atoms with Crippen molar-refractivity contribution in [3.8, 4) is 5.75 Å². The molecule has 1 atom stereocenters. The average Bonchev–Trinajstić information content (AvgIpc) is 2.96. The van der Waals surface area contributed by atoms with E-state index >= 15 is 0 Å². The Morgan fingerprint density at radius 1 is 0.878 bits per heavy atom. The zero-order valence-corrected chi connectivity index (χ0v) is 25.1. The molecule has 4 N–H and O–H groups in total. The van der Waals surface area contributed by atoms with Crippen molar-refractivity contribution in [3.63, 3.8) is 0 Å². The Labute approximate surface area is 246 Å². The molecular formula is C35H50N2O4. The number of ether oxygens (including phenoxy) is 2. The van der Waals surface area contributed by atoms with Gasteiger partial charge in [0.15, 0.2) is 0 Å². The molecule has 0 amide bonds. The van der Waals surface area contributed by atoms with Gasteiger partial charge in [0.1, 0.15) is 5.75 Å². The number of rotatable bonds is 16. The predicted molar refractivity (Wildman–Crippen MR) is 168 cm³/mol. The Balaban J connectivity index is 1.42. The first-order chi connectivity index (χ1) is 19.9. The van der Waals surface area contributed by atoms with E-state index in [0.717, 1.165) is 62.0 Å². The van der Waals surface area contributed by atoms with Gasteiger partial charge in [-0.15, -0.1) is 0 Å². The van der Waals surface area contributed by atoms with Gasteiger partial charge >= 0.3 is 11.9 Å². The van der Waals surface area contributed by atoms with Crippen molar-refractivity contribution < 1.29 is 19.1 Å². The number of carbonyl (C=O) groups is 2. The van der Waals surface area contributed by atoms with Crippen molar-refractivity contribution in [3.05, 3.63) is 59.7 Å². The fourth-order valence-corrected chi connectivity index (χ4v) is 5.70. The fraction of sp³-hybridized carbons (Fsp3) is 0.543. The minimum absolute atomic E-state index is 0.00870. The average molecular weight is 563 g/mol. The zero-order chi connectivity index (χ0) is 29.5. The number of nitrogen functional groups attached to an aromatic ring is 2.